The third-order valence-corrected chi connectivity index (χ3v) is 3.51. The van der Waals surface area contributed by atoms with Crippen molar-refractivity contribution in [3.05, 3.63) is 0 Å². The molecule has 0 bridgehead atoms. The highest BCUT2D eigenvalue weighted by atomic mass is 16.3. The standard InChI is InChI=1S/C12H26N2O/c1-10(2)13-7-8-14-11-5-4-6-12(11,3)9-15/h10-11,13-15H,4-9H2,1-3H3/t11-,12+/m0/s1. The van der Waals surface area contributed by atoms with Gasteiger partial charge in [0.1, 0.15) is 0 Å². The lowest BCUT2D eigenvalue weighted by molar-refractivity contribution is 0.119. The summed E-state index contributed by atoms with van der Waals surface area (Å²) in [6.07, 6.45) is 3.60. The van der Waals surface area contributed by atoms with Gasteiger partial charge in [0, 0.05) is 37.2 Å². The molecular formula is C12H26N2O. The molecule has 0 aliphatic heterocycles. The molecule has 90 valence electrons. The van der Waals surface area contributed by atoms with Gasteiger partial charge in [0.15, 0.2) is 0 Å². The first-order valence-corrected chi connectivity index (χ1v) is 6.16. The first-order valence-electron chi connectivity index (χ1n) is 6.16. The van der Waals surface area contributed by atoms with Crippen molar-refractivity contribution >= 4 is 0 Å². The third-order valence-electron chi connectivity index (χ3n) is 3.51. The van der Waals surface area contributed by atoms with E-state index in [2.05, 4.69) is 31.4 Å². The maximum absolute atomic E-state index is 9.38. The summed E-state index contributed by atoms with van der Waals surface area (Å²) >= 11 is 0. The number of nitrogens with one attached hydrogen (secondary N) is 2. The van der Waals surface area contributed by atoms with Crippen LogP contribution in [0, 0.1) is 5.41 Å². The summed E-state index contributed by atoms with van der Waals surface area (Å²) in [4.78, 5) is 0. The average molecular weight is 214 g/mol. The average Bonchev–Trinajstić information content (AvgIpc) is 2.56. The van der Waals surface area contributed by atoms with Crippen molar-refractivity contribution in [1.82, 2.24) is 10.6 Å². The maximum Gasteiger partial charge on any atom is 0.0499 e. The molecule has 3 nitrogen and oxygen atoms in total. The molecule has 0 aromatic heterocycles. The largest absolute Gasteiger partial charge is 0.396 e. The van der Waals surface area contributed by atoms with Crippen LogP contribution in [-0.2, 0) is 0 Å². The molecule has 15 heavy (non-hydrogen) atoms. The van der Waals surface area contributed by atoms with E-state index in [-0.39, 0.29) is 5.41 Å². The van der Waals surface area contributed by atoms with Gasteiger partial charge in [-0.3, -0.25) is 0 Å². The minimum absolute atomic E-state index is 0.109. The molecule has 0 unspecified atom stereocenters. The minimum Gasteiger partial charge on any atom is -0.396 e. The van der Waals surface area contributed by atoms with Gasteiger partial charge in [-0.1, -0.05) is 27.2 Å². The molecule has 0 aromatic carbocycles. The Morgan fingerprint density at radius 2 is 2.13 bits per heavy atom. The Morgan fingerprint density at radius 3 is 2.73 bits per heavy atom. The smallest absolute Gasteiger partial charge is 0.0499 e. The first kappa shape index (κ1) is 12.9. The molecular weight excluding hydrogens is 188 g/mol. The van der Waals surface area contributed by atoms with Crippen LogP contribution in [0.25, 0.3) is 0 Å². The van der Waals surface area contributed by atoms with E-state index in [0.29, 0.717) is 18.7 Å². The van der Waals surface area contributed by atoms with Gasteiger partial charge in [0.05, 0.1) is 0 Å². The quantitative estimate of drug-likeness (QED) is 0.581. The molecule has 1 fully saturated rings. The van der Waals surface area contributed by atoms with Crippen molar-refractivity contribution in [2.75, 3.05) is 19.7 Å². The lowest BCUT2D eigenvalue weighted by Crippen LogP contribution is -2.44. The predicted octanol–water partition coefficient (Wildman–Crippen LogP) is 1.13. The van der Waals surface area contributed by atoms with E-state index in [1.807, 2.05) is 0 Å². The highest BCUT2D eigenvalue weighted by Gasteiger charge is 2.37. The second-order valence-corrected chi connectivity index (χ2v) is 5.32. The minimum atomic E-state index is 0.109. The van der Waals surface area contributed by atoms with Crippen LogP contribution >= 0.6 is 0 Å². The van der Waals surface area contributed by atoms with Crippen molar-refractivity contribution < 1.29 is 5.11 Å². The van der Waals surface area contributed by atoms with Crippen LogP contribution in [0.1, 0.15) is 40.0 Å². The highest BCUT2D eigenvalue weighted by Crippen LogP contribution is 2.37. The highest BCUT2D eigenvalue weighted by molar-refractivity contribution is 4.92. The molecule has 0 amide bonds. The molecule has 3 heteroatoms. The Balaban J connectivity index is 2.20. The molecule has 0 radical (unpaired) electrons. The van der Waals surface area contributed by atoms with Gasteiger partial charge in [0.25, 0.3) is 0 Å². The fraction of sp³-hybridized carbons (Fsp3) is 1.00. The fourth-order valence-corrected chi connectivity index (χ4v) is 2.38. The molecule has 0 saturated heterocycles. The third kappa shape index (κ3) is 3.74. The SMILES string of the molecule is CC(C)NCCN[C@H]1CCC[C@]1(C)CO. The van der Waals surface area contributed by atoms with Crippen molar-refractivity contribution in [2.45, 2.75) is 52.1 Å². The zero-order chi connectivity index (χ0) is 11.3. The van der Waals surface area contributed by atoms with E-state index in [1.165, 1.54) is 12.8 Å². The maximum atomic E-state index is 9.38. The number of aliphatic hydroxyl groups excluding tert-OH is 1. The van der Waals surface area contributed by atoms with Gasteiger partial charge in [-0.2, -0.15) is 0 Å². The number of hydrogen-bond acceptors (Lipinski definition) is 3. The summed E-state index contributed by atoms with van der Waals surface area (Å²) in [5.41, 5.74) is 0.109. The Labute approximate surface area is 93.6 Å². The second-order valence-electron chi connectivity index (χ2n) is 5.32. The molecule has 0 spiro atoms. The summed E-state index contributed by atoms with van der Waals surface area (Å²) in [6.45, 7) is 8.82. The second kappa shape index (κ2) is 5.83. The van der Waals surface area contributed by atoms with Crippen molar-refractivity contribution in [3.63, 3.8) is 0 Å². The zero-order valence-corrected chi connectivity index (χ0v) is 10.3. The van der Waals surface area contributed by atoms with Gasteiger partial charge in [-0.25, -0.2) is 0 Å². The van der Waals surface area contributed by atoms with Gasteiger partial charge >= 0.3 is 0 Å². The summed E-state index contributed by atoms with van der Waals surface area (Å²) in [7, 11) is 0. The van der Waals surface area contributed by atoms with E-state index in [1.54, 1.807) is 0 Å². The van der Waals surface area contributed by atoms with Crippen LogP contribution in [0.2, 0.25) is 0 Å². The zero-order valence-electron chi connectivity index (χ0n) is 10.3. The monoisotopic (exact) mass is 214 g/mol. The molecule has 2 atom stereocenters. The van der Waals surface area contributed by atoms with Gasteiger partial charge in [0.2, 0.25) is 0 Å². The molecule has 1 rings (SSSR count). The normalized spacial score (nSPS) is 31.4. The molecule has 1 aliphatic rings. The van der Waals surface area contributed by atoms with Crippen LogP contribution in [0.5, 0.6) is 0 Å². The van der Waals surface area contributed by atoms with Gasteiger partial charge < -0.3 is 15.7 Å². The summed E-state index contributed by atoms with van der Waals surface area (Å²) in [5.74, 6) is 0. The van der Waals surface area contributed by atoms with E-state index in [0.717, 1.165) is 19.5 Å². The van der Waals surface area contributed by atoms with Crippen LogP contribution < -0.4 is 10.6 Å². The number of aliphatic hydroxyl groups is 1. The fourth-order valence-electron chi connectivity index (χ4n) is 2.38. The van der Waals surface area contributed by atoms with Gasteiger partial charge in [-0.15, -0.1) is 0 Å². The summed E-state index contributed by atoms with van der Waals surface area (Å²) in [6, 6.07) is 1.05. The summed E-state index contributed by atoms with van der Waals surface area (Å²) < 4.78 is 0. The van der Waals surface area contributed by atoms with E-state index in [9.17, 15) is 5.11 Å². The van der Waals surface area contributed by atoms with E-state index in [4.69, 9.17) is 0 Å². The lowest BCUT2D eigenvalue weighted by atomic mass is 9.86. The molecule has 0 aromatic rings. The predicted molar refractivity (Wildman–Crippen MR) is 64.0 cm³/mol. The molecule has 1 aliphatic carbocycles. The Morgan fingerprint density at radius 1 is 1.40 bits per heavy atom. The van der Waals surface area contributed by atoms with E-state index < -0.39 is 0 Å². The van der Waals surface area contributed by atoms with Crippen molar-refractivity contribution in [1.29, 1.82) is 0 Å². The van der Waals surface area contributed by atoms with Crippen molar-refractivity contribution in [2.24, 2.45) is 5.41 Å². The Kier molecular flexibility index (Phi) is 5.03. The molecule has 0 heterocycles. The van der Waals surface area contributed by atoms with Crippen LogP contribution in [0.4, 0.5) is 0 Å². The molecule has 3 N–H and O–H groups in total. The Bertz CT molecular complexity index is 184. The number of rotatable bonds is 6. The van der Waals surface area contributed by atoms with Crippen LogP contribution in [0.15, 0.2) is 0 Å². The topological polar surface area (TPSA) is 44.3 Å². The lowest BCUT2D eigenvalue weighted by Gasteiger charge is -2.30. The number of hydrogen-bond donors (Lipinski definition) is 3. The van der Waals surface area contributed by atoms with Crippen LogP contribution in [0.3, 0.4) is 0 Å². The Hall–Kier alpha value is -0.120. The molecule has 1 saturated carbocycles. The van der Waals surface area contributed by atoms with Crippen LogP contribution in [-0.4, -0.2) is 36.9 Å². The van der Waals surface area contributed by atoms with E-state index >= 15 is 0 Å². The van der Waals surface area contributed by atoms with Crippen molar-refractivity contribution in [3.8, 4) is 0 Å². The van der Waals surface area contributed by atoms with Gasteiger partial charge in [-0.05, 0) is 12.8 Å². The summed E-state index contributed by atoms with van der Waals surface area (Å²) in [5, 5.41) is 16.3. The first-order chi connectivity index (χ1) is 7.08.